The molecule has 0 aromatic carbocycles. The molecule has 11 heavy (non-hydrogen) atoms. The number of hydrogen-bond donors (Lipinski definition) is 1. The predicted molar refractivity (Wildman–Crippen MR) is 23.4 cm³/mol. The van der Waals surface area contributed by atoms with E-state index in [4.69, 9.17) is 4.55 Å². The van der Waals surface area contributed by atoms with Gasteiger partial charge in [0.25, 0.3) is 0 Å². The Morgan fingerprint density at radius 1 is 1.09 bits per heavy atom. The van der Waals surface area contributed by atoms with Crippen molar-refractivity contribution >= 4 is 20.8 Å². The first-order valence-electron chi connectivity index (χ1n) is 1.52. The van der Waals surface area contributed by atoms with Gasteiger partial charge in [-0.3, -0.25) is 4.55 Å². The fourth-order valence-electron chi connectivity index (χ4n) is 0.0691. The van der Waals surface area contributed by atoms with E-state index in [1.54, 1.807) is 0 Å². The van der Waals surface area contributed by atoms with Crippen molar-refractivity contribution in [1.82, 2.24) is 0 Å². The molecule has 0 aliphatic heterocycles. The third-order valence-electron chi connectivity index (χ3n) is 0.197. The van der Waals surface area contributed by atoms with Crippen LogP contribution in [0.3, 0.4) is 0 Å². The van der Waals surface area contributed by atoms with Gasteiger partial charge in [0.05, 0.1) is 0 Å². The molecule has 0 rings (SSSR count). The van der Waals surface area contributed by atoms with E-state index in [1.165, 1.54) is 0 Å². The van der Waals surface area contributed by atoms with Gasteiger partial charge in [-0.15, -0.1) is 0 Å². The summed E-state index contributed by atoms with van der Waals surface area (Å²) in [5.74, 6) is 0. The van der Waals surface area contributed by atoms with Gasteiger partial charge in [-0.05, 0) is 0 Å². The molecular weight excluding hydrogens is 199 g/mol. The van der Waals surface area contributed by atoms with Gasteiger partial charge in [0, 0.05) is 0 Å². The van der Waals surface area contributed by atoms with Crippen LogP contribution in [0.15, 0.2) is 0 Å². The van der Waals surface area contributed by atoms with E-state index in [-0.39, 0.29) is 18.9 Å². The predicted octanol–water partition coefficient (Wildman–Crippen LogP) is -4.80. The molecule has 0 bridgehead atoms. The van der Waals surface area contributed by atoms with Crippen LogP contribution < -0.4 is 18.9 Å². The zero-order chi connectivity index (χ0) is 8.41. The maximum absolute atomic E-state index is 9.48. The third-order valence-corrected chi connectivity index (χ3v) is 0.758. The summed E-state index contributed by atoms with van der Waals surface area (Å²) < 4.78 is 60.2. The third kappa shape index (κ3) is 13.3. The van der Waals surface area contributed by atoms with Crippen LogP contribution in [0.2, 0.25) is 0 Å². The summed E-state index contributed by atoms with van der Waals surface area (Å²) in [6, 6.07) is 0. The summed E-state index contributed by atoms with van der Waals surface area (Å²) >= 11 is 0. The second-order valence-corrected chi connectivity index (χ2v) is 2.92. The second-order valence-electron chi connectivity index (χ2n) is 0.972. The largest absolute Gasteiger partial charge is 1.00 e. The van der Waals surface area contributed by atoms with Crippen LogP contribution in [0.4, 0.5) is 0 Å². The van der Waals surface area contributed by atoms with Crippen molar-refractivity contribution < 1.29 is 53.5 Å². The number of rotatable bonds is 3. The second kappa shape index (κ2) is 4.38. The average molecular weight is 200 g/mol. The number of hydrogen-bond acceptors (Lipinski definition) is 7. The maximum Gasteiger partial charge on any atom is 1.00 e. The minimum atomic E-state index is -5.27. The Balaban J connectivity index is 0. The molecular formula is HLiO8S2. The summed E-state index contributed by atoms with van der Waals surface area (Å²) in [6.07, 6.45) is 0. The van der Waals surface area contributed by atoms with Gasteiger partial charge >= 0.3 is 29.3 Å². The van der Waals surface area contributed by atoms with Crippen molar-refractivity contribution in [3.05, 3.63) is 0 Å². The van der Waals surface area contributed by atoms with Crippen molar-refractivity contribution in [3.63, 3.8) is 0 Å². The fourth-order valence-corrected chi connectivity index (χ4v) is 0.622. The molecule has 8 nitrogen and oxygen atoms in total. The van der Waals surface area contributed by atoms with E-state index in [1.807, 2.05) is 0 Å². The minimum absolute atomic E-state index is 0. The van der Waals surface area contributed by atoms with E-state index in [0.29, 0.717) is 0 Å². The molecule has 0 radical (unpaired) electrons. The van der Waals surface area contributed by atoms with Crippen LogP contribution in [0.5, 0.6) is 0 Å². The van der Waals surface area contributed by atoms with Crippen molar-refractivity contribution in [2.75, 3.05) is 0 Å². The Hall–Kier alpha value is 0.337. The van der Waals surface area contributed by atoms with Gasteiger partial charge in [-0.2, -0.15) is 8.42 Å². The molecule has 0 heterocycles. The molecule has 0 spiro atoms. The van der Waals surface area contributed by atoms with Crippen LogP contribution in [0.1, 0.15) is 0 Å². The molecule has 0 aromatic heterocycles. The quantitative estimate of drug-likeness (QED) is 0.158. The molecule has 0 aliphatic rings. The zero-order valence-corrected chi connectivity index (χ0v) is 6.75. The van der Waals surface area contributed by atoms with Gasteiger partial charge < -0.3 is 4.55 Å². The van der Waals surface area contributed by atoms with Crippen LogP contribution in [-0.2, 0) is 29.5 Å². The van der Waals surface area contributed by atoms with E-state index >= 15 is 0 Å². The molecule has 0 saturated carbocycles. The molecule has 0 amide bonds. The Morgan fingerprint density at radius 3 is 1.55 bits per heavy atom. The maximum atomic E-state index is 9.48. The van der Waals surface area contributed by atoms with Crippen LogP contribution in [-0.4, -0.2) is 25.9 Å². The van der Waals surface area contributed by atoms with E-state index < -0.39 is 20.8 Å². The molecule has 0 atom stereocenters. The molecule has 0 fully saturated rings. The van der Waals surface area contributed by atoms with Gasteiger partial charge in [0.1, 0.15) is 0 Å². The molecule has 1 N–H and O–H groups in total. The van der Waals surface area contributed by atoms with E-state index in [2.05, 4.69) is 8.67 Å². The Kier molecular flexibility index (Phi) is 5.54. The van der Waals surface area contributed by atoms with Crippen molar-refractivity contribution in [1.29, 1.82) is 0 Å². The first kappa shape index (κ1) is 13.9. The van der Waals surface area contributed by atoms with Gasteiger partial charge in [-0.25, -0.2) is 8.42 Å². The topological polar surface area (TPSA) is 130 Å². The van der Waals surface area contributed by atoms with E-state index in [9.17, 15) is 21.4 Å². The fraction of sp³-hybridized carbons (Fsp3) is 0. The Bertz CT molecular complexity index is 248. The Morgan fingerprint density at radius 2 is 1.45 bits per heavy atom. The minimum Gasteiger partial charge on any atom is -0.724 e. The van der Waals surface area contributed by atoms with Crippen molar-refractivity contribution in [2.45, 2.75) is 0 Å². The van der Waals surface area contributed by atoms with Crippen LogP contribution in [0, 0.1) is 0 Å². The molecule has 0 aliphatic carbocycles. The average Bonchev–Trinajstić information content (AvgIpc) is 1.57. The Labute approximate surface area is 74.5 Å². The summed E-state index contributed by atoms with van der Waals surface area (Å²) in [5.41, 5.74) is 0. The summed E-state index contributed by atoms with van der Waals surface area (Å²) in [5, 5.41) is 0. The molecule has 0 aromatic rings. The SMILES string of the molecule is O=S(=O)([O-])OOS(=O)(=O)O.[Li+]. The van der Waals surface area contributed by atoms with Gasteiger partial charge in [0.15, 0.2) is 0 Å². The van der Waals surface area contributed by atoms with Gasteiger partial charge in [0.2, 0.25) is 10.4 Å². The summed E-state index contributed by atoms with van der Waals surface area (Å²) in [6.45, 7) is 0. The molecule has 0 unspecified atom stereocenters. The van der Waals surface area contributed by atoms with E-state index in [0.717, 1.165) is 0 Å². The van der Waals surface area contributed by atoms with Gasteiger partial charge in [-0.1, -0.05) is 8.67 Å². The standard InChI is InChI=1S/Li.H2O8S2/c;1-9(2,3)7-8-10(4,5)6/h;(H,1,2,3)(H,4,5,6)/q+1;/p-1. The van der Waals surface area contributed by atoms with Crippen LogP contribution in [0.25, 0.3) is 0 Å². The first-order valence-corrected chi connectivity index (χ1v) is 4.21. The molecule has 62 valence electrons. The van der Waals surface area contributed by atoms with Crippen molar-refractivity contribution in [2.24, 2.45) is 0 Å². The normalized spacial score (nSPS) is 12.2. The molecule has 11 heteroatoms. The zero-order valence-electron chi connectivity index (χ0n) is 5.12. The molecule has 0 saturated heterocycles. The van der Waals surface area contributed by atoms with Crippen LogP contribution >= 0.6 is 0 Å². The summed E-state index contributed by atoms with van der Waals surface area (Å²) in [4.78, 5) is 0. The smallest absolute Gasteiger partial charge is 0.724 e. The summed E-state index contributed by atoms with van der Waals surface area (Å²) in [7, 11) is -10.3. The van der Waals surface area contributed by atoms with Crippen molar-refractivity contribution in [3.8, 4) is 0 Å². The monoisotopic (exact) mass is 200 g/mol. The first-order chi connectivity index (χ1) is 4.21.